The van der Waals surface area contributed by atoms with Crippen LogP contribution in [0.5, 0.6) is 0 Å². The number of anilines is 1. The van der Waals surface area contributed by atoms with Gasteiger partial charge in [-0.15, -0.1) is 0 Å². The van der Waals surface area contributed by atoms with Gasteiger partial charge in [0.2, 0.25) is 0 Å². The van der Waals surface area contributed by atoms with E-state index in [0.717, 1.165) is 5.69 Å². The molecule has 1 aliphatic carbocycles. The Hall–Kier alpha value is -1.05. The predicted molar refractivity (Wildman–Crippen MR) is 59.5 cm³/mol. The molecule has 1 aliphatic rings. The lowest BCUT2D eigenvalue weighted by atomic mass is 10.0. The van der Waals surface area contributed by atoms with Gasteiger partial charge in [-0.05, 0) is 38.8 Å². The Morgan fingerprint density at radius 1 is 1.36 bits per heavy atom. The highest BCUT2D eigenvalue weighted by molar-refractivity contribution is 5.45. The van der Waals surface area contributed by atoms with Crippen molar-refractivity contribution in [3.8, 4) is 0 Å². The van der Waals surface area contributed by atoms with E-state index in [1.807, 2.05) is 13.1 Å². The standard InChI is InChI=1S/C12H18N2/c1-10-9-11(5-8-13-10)14-12(2)6-3-4-7-12/h5,8-9H,3-4,6-7H2,1-2H3,(H,13,14). The molecule has 76 valence electrons. The van der Waals surface area contributed by atoms with E-state index < -0.39 is 0 Å². The van der Waals surface area contributed by atoms with Crippen LogP contribution in [0, 0.1) is 6.92 Å². The summed E-state index contributed by atoms with van der Waals surface area (Å²) in [7, 11) is 0. The fourth-order valence-corrected chi connectivity index (χ4v) is 2.25. The quantitative estimate of drug-likeness (QED) is 0.775. The van der Waals surface area contributed by atoms with Gasteiger partial charge in [-0.3, -0.25) is 4.98 Å². The van der Waals surface area contributed by atoms with Crippen LogP contribution in [0.2, 0.25) is 0 Å². The number of aryl methyl sites for hydroxylation is 1. The Bertz CT molecular complexity index is 314. The molecule has 14 heavy (non-hydrogen) atoms. The normalized spacial score (nSPS) is 19.6. The van der Waals surface area contributed by atoms with Crippen molar-refractivity contribution < 1.29 is 0 Å². The number of hydrogen-bond donors (Lipinski definition) is 1. The Balaban J connectivity index is 2.10. The number of nitrogens with one attached hydrogen (secondary N) is 1. The zero-order valence-electron chi connectivity index (χ0n) is 9.01. The van der Waals surface area contributed by atoms with Gasteiger partial charge in [0.25, 0.3) is 0 Å². The third-order valence-corrected chi connectivity index (χ3v) is 3.05. The third-order valence-electron chi connectivity index (χ3n) is 3.05. The average molecular weight is 190 g/mol. The molecular formula is C12H18N2. The van der Waals surface area contributed by atoms with Gasteiger partial charge in [0.15, 0.2) is 0 Å². The summed E-state index contributed by atoms with van der Waals surface area (Å²) in [5.74, 6) is 0. The van der Waals surface area contributed by atoms with E-state index in [4.69, 9.17) is 0 Å². The molecule has 1 heterocycles. The molecule has 0 amide bonds. The maximum atomic E-state index is 4.20. The third kappa shape index (κ3) is 2.06. The molecule has 1 N–H and O–H groups in total. The topological polar surface area (TPSA) is 24.9 Å². The van der Waals surface area contributed by atoms with Crippen molar-refractivity contribution in [2.45, 2.75) is 45.1 Å². The van der Waals surface area contributed by atoms with E-state index in [-0.39, 0.29) is 0 Å². The van der Waals surface area contributed by atoms with Crippen LogP contribution >= 0.6 is 0 Å². The van der Waals surface area contributed by atoms with E-state index in [0.29, 0.717) is 5.54 Å². The van der Waals surface area contributed by atoms with Crippen LogP contribution in [0.25, 0.3) is 0 Å². The van der Waals surface area contributed by atoms with Crippen LogP contribution in [-0.4, -0.2) is 10.5 Å². The summed E-state index contributed by atoms with van der Waals surface area (Å²) >= 11 is 0. The molecule has 0 aromatic carbocycles. The summed E-state index contributed by atoms with van der Waals surface area (Å²) in [6.07, 6.45) is 7.15. The lowest BCUT2D eigenvalue weighted by Crippen LogP contribution is -2.30. The largest absolute Gasteiger partial charge is 0.380 e. The first-order chi connectivity index (χ1) is 6.68. The lowest BCUT2D eigenvalue weighted by molar-refractivity contribution is 0.533. The molecule has 0 aliphatic heterocycles. The molecule has 1 aromatic rings. The first kappa shape index (κ1) is 9.50. The van der Waals surface area contributed by atoms with Gasteiger partial charge in [-0.1, -0.05) is 12.8 Å². The number of pyridine rings is 1. The summed E-state index contributed by atoms with van der Waals surface area (Å²) in [5.41, 5.74) is 2.60. The van der Waals surface area contributed by atoms with Gasteiger partial charge in [0, 0.05) is 23.1 Å². The minimum atomic E-state index is 0.313. The highest BCUT2D eigenvalue weighted by Crippen LogP contribution is 2.32. The van der Waals surface area contributed by atoms with E-state index in [2.05, 4.69) is 29.4 Å². The van der Waals surface area contributed by atoms with E-state index in [1.54, 1.807) is 0 Å². The summed E-state index contributed by atoms with van der Waals surface area (Å²) in [6.45, 7) is 4.35. The molecule has 0 unspecified atom stereocenters. The molecular weight excluding hydrogens is 172 g/mol. The summed E-state index contributed by atoms with van der Waals surface area (Å²) < 4.78 is 0. The predicted octanol–water partition coefficient (Wildman–Crippen LogP) is 3.13. The SMILES string of the molecule is Cc1cc(NC2(C)CCCC2)ccn1. The molecule has 0 bridgehead atoms. The molecule has 1 saturated carbocycles. The van der Waals surface area contributed by atoms with Crippen molar-refractivity contribution in [1.29, 1.82) is 0 Å². The fraction of sp³-hybridized carbons (Fsp3) is 0.583. The number of nitrogens with zero attached hydrogens (tertiary/aromatic N) is 1. The van der Waals surface area contributed by atoms with Gasteiger partial charge >= 0.3 is 0 Å². The molecule has 0 spiro atoms. The van der Waals surface area contributed by atoms with Gasteiger partial charge in [0.1, 0.15) is 0 Å². The molecule has 2 heteroatoms. The molecule has 2 rings (SSSR count). The minimum Gasteiger partial charge on any atom is -0.380 e. The summed E-state index contributed by atoms with van der Waals surface area (Å²) in [5, 5.41) is 3.62. The van der Waals surface area contributed by atoms with Crippen LogP contribution in [0.4, 0.5) is 5.69 Å². The Morgan fingerprint density at radius 3 is 2.71 bits per heavy atom. The van der Waals surface area contributed by atoms with E-state index in [1.165, 1.54) is 31.4 Å². The average Bonchev–Trinajstić information content (AvgIpc) is 2.51. The van der Waals surface area contributed by atoms with Gasteiger partial charge < -0.3 is 5.32 Å². The molecule has 1 aromatic heterocycles. The highest BCUT2D eigenvalue weighted by Gasteiger charge is 2.27. The monoisotopic (exact) mass is 190 g/mol. The fourth-order valence-electron chi connectivity index (χ4n) is 2.25. The van der Waals surface area contributed by atoms with Crippen molar-refractivity contribution in [3.63, 3.8) is 0 Å². The second kappa shape index (κ2) is 3.60. The van der Waals surface area contributed by atoms with Crippen LogP contribution in [-0.2, 0) is 0 Å². The molecule has 2 nitrogen and oxygen atoms in total. The van der Waals surface area contributed by atoms with Crippen molar-refractivity contribution >= 4 is 5.69 Å². The van der Waals surface area contributed by atoms with Crippen LogP contribution in [0.15, 0.2) is 18.3 Å². The van der Waals surface area contributed by atoms with Crippen LogP contribution in [0.1, 0.15) is 38.3 Å². The second-order valence-electron chi connectivity index (χ2n) is 4.58. The number of hydrogen-bond acceptors (Lipinski definition) is 2. The Kier molecular flexibility index (Phi) is 2.44. The molecule has 0 radical (unpaired) electrons. The van der Waals surface area contributed by atoms with Gasteiger partial charge in [-0.25, -0.2) is 0 Å². The van der Waals surface area contributed by atoms with Gasteiger partial charge in [0.05, 0.1) is 0 Å². The van der Waals surface area contributed by atoms with Crippen molar-refractivity contribution in [1.82, 2.24) is 4.98 Å². The second-order valence-corrected chi connectivity index (χ2v) is 4.58. The number of aromatic nitrogens is 1. The molecule has 0 atom stereocenters. The first-order valence-corrected chi connectivity index (χ1v) is 5.39. The zero-order chi connectivity index (χ0) is 10.0. The zero-order valence-corrected chi connectivity index (χ0v) is 9.01. The van der Waals surface area contributed by atoms with Crippen molar-refractivity contribution in [3.05, 3.63) is 24.0 Å². The summed E-state index contributed by atoms with van der Waals surface area (Å²) in [6, 6.07) is 4.17. The maximum absolute atomic E-state index is 4.20. The summed E-state index contributed by atoms with van der Waals surface area (Å²) in [4.78, 5) is 4.20. The number of rotatable bonds is 2. The Morgan fingerprint density at radius 2 is 2.07 bits per heavy atom. The molecule has 0 saturated heterocycles. The highest BCUT2D eigenvalue weighted by atomic mass is 15.0. The van der Waals surface area contributed by atoms with Crippen molar-refractivity contribution in [2.24, 2.45) is 0 Å². The smallest absolute Gasteiger partial charge is 0.0393 e. The minimum absolute atomic E-state index is 0.313. The van der Waals surface area contributed by atoms with Crippen molar-refractivity contribution in [2.75, 3.05) is 5.32 Å². The Labute approximate surface area is 85.7 Å². The first-order valence-electron chi connectivity index (χ1n) is 5.39. The van der Waals surface area contributed by atoms with Gasteiger partial charge in [-0.2, -0.15) is 0 Å². The van der Waals surface area contributed by atoms with E-state index >= 15 is 0 Å². The van der Waals surface area contributed by atoms with Crippen LogP contribution < -0.4 is 5.32 Å². The van der Waals surface area contributed by atoms with E-state index in [9.17, 15) is 0 Å². The molecule has 1 fully saturated rings. The maximum Gasteiger partial charge on any atom is 0.0393 e. The lowest BCUT2D eigenvalue weighted by Gasteiger charge is -2.26. The van der Waals surface area contributed by atoms with Crippen LogP contribution in [0.3, 0.4) is 0 Å².